The van der Waals surface area contributed by atoms with Crippen molar-refractivity contribution in [3.8, 4) is 0 Å². The predicted molar refractivity (Wildman–Crippen MR) is 112 cm³/mol. The molecule has 0 radical (unpaired) electrons. The van der Waals surface area contributed by atoms with Crippen LogP contribution < -0.4 is 21.1 Å². The number of fused-ring (bicyclic) bond motifs is 1. The highest BCUT2D eigenvalue weighted by Gasteiger charge is 2.20. The number of nitrogens with zero attached hydrogens (tertiary/aromatic N) is 4. The maximum atomic E-state index is 11.3. The van der Waals surface area contributed by atoms with E-state index in [1.54, 1.807) is 24.3 Å². The van der Waals surface area contributed by atoms with Gasteiger partial charge in [0.05, 0.1) is 5.75 Å². The molecule has 10 heteroatoms. The summed E-state index contributed by atoms with van der Waals surface area (Å²) in [5, 5.41) is 8.21. The van der Waals surface area contributed by atoms with Crippen LogP contribution in [0.1, 0.15) is 16.7 Å². The summed E-state index contributed by atoms with van der Waals surface area (Å²) < 4.78 is 22.6. The van der Waals surface area contributed by atoms with Crippen LogP contribution in [0, 0.1) is 0 Å². The summed E-state index contributed by atoms with van der Waals surface area (Å²) in [6, 6.07) is 12.9. The van der Waals surface area contributed by atoms with Crippen LogP contribution in [0.4, 0.5) is 23.3 Å². The molecule has 9 nitrogen and oxygen atoms in total. The third kappa shape index (κ3) is 4.61. The van der Waals surface area contributed by atoms with Crippen molar-refractivity contribution in [3.05, 3.63) is 65.5 Å². The first-order valence-corrected chi connectivity index (χ1v) is 10.8. The summed E-state index contributed by atoms with van der Waals surface area (Å²) in [7, 11) is -3.60. The van der Waals surface area contributed by atoms with Gasteiger partial charge in [-0.25, -0.2) is 23.5 Å². The Morgan fingerprint density at radius 1 is 1.14 bits per heavy atom. The van der Waals surface area contributed by atoms with Gasteiger partial charge in [0.15, 0.2) is 0 Å². The number of nitrogens with two attached hydrogens (primary N) is 2. The lowest BCUT2D eigenvalue weighted by molar-refractivity contribution is 0.597. The molecule has 4 rings (SSSR count). The SMILES string of the molecule is Nc1cccc2c1CCN(c1ncnc(Nc3cccc(CS(N)(=O)=O)c3)n1)C2. The Labute approximate surface area is 168 Å². The van der Waals surface area contributed by atoms with E-state index in [0.29, 0.717) is 29.7 Å². The third-order valence-corrected chi connectivity index (χ3v) is 5.43. The average molecular weight is 411 g/mol. The molecule has 2 aromatic carbocycles. The fourth-order valence-electron chi connectivity index (χ4n) is 3.41. The number of nitrogen functional groups attached to an aromatic ring is 1. The van der Waals surface area contributed by atoms with Crippen LogP contribution in [0.25, 0.3) is 0 Å². The molecule has 0 unspecified atom stereocenters. The number of sulfonamides is 1. The zero-order chi connectivity index (χ0) is 20.4. The smallest absolute Gasteiger partial charge is 0.231 e. The molecule has 0 spiro atoms. The van der Waals surface area contributed by atoms with Crippen LogP contribution >= 0.6 is 0 Å². The average Bonchev–Trinajstić information content (AvgIpc) is 2.67. The van der Waals surface area contributed by atoms with Gasteiger partial charge in [0.1, 0.15) is 6.33 Å². The van der Waals surface area contributed by atoms with Gasteiger partial charge < -0.3 is 16.0 Å². The molecule has 0 amide bonds. The molecule has 0 bridgehead atoms. The standard InChI is InChI=1S/C19H21N7O2S/c20-17-6-2-4-14-10-26(8-7-16(14)17)19-23-12-22-18(25-19)24-15-5-1-3-13(9-15)11-29(21,27)28/h1-6,9,12H,7-8,10-11,20H2,(H2,21,27,28)(H,22,23,24,25). The minimum atomic E-state index is -3.60. The number of anilines is 4. The van der Waals surface area contributed by atoms with Crippen LogP contribution in [0.3, 0.4) is 0 Å². The van der Waals surface area contributed by atoms with Crippen molar-refractivity contribution in [1.29, 1.82) is 0 Å². The Morgan fingerprint density at radius 3 is 2.79 bits per heavy atom. The second-order valence-electron chi connectivity index (χ2n) is 6.90. The molecule has 0 saturated carbocycles. The first kappa shape index (κ1) is 19.1. The van der Waals surface area contributed by atoms with Gasteiger partial charge in [0.2, 0.25) is 21.9 Å². The van der Waals surface area contributed by atoms with Gasteiger partial charge in [0, 0.05) is 24.5 Å². The number of rotatable bonds is 5. The van der Waals surface area contributed by atoms with E-state index in [1.165, 1.54) is 17.5 Å². The van der Waals surface area contributed by atoms with E-state index in [-0.39, 0.29) is 5.75 Å². The first-order chi connectivity index (χ1) is 13.9. The van der Waals surface area contributed by atoms with Crippen molar-refractivity contribution in [2.45, 2.75) is 18.7 Å². The highest BCUT2D eigenvalue weighted by Crippen LogP contribution is 2.26. The molecule has 3 aromatic rings. The van der Waals surface area contributed by atoms with Gasteiger partial charge >= 0.3 is 0 Å². The molecule has 1 aliphatic rings. The summed E-state index contributed by atoms with van der Waals surface area (Å²) in [6.07, 6.45) is 2.28. The van der Waals surface area contributed by atoms with Crippen LogP contribution in [-0.2, 0) is 28.7 Å². The van der Waals surface area contributed by atoms with Crippen molar-refractivity contribution < 1.29 is 8.42 Å². The summed E-state index contributed by atoms with van der Waals surface area (Å²) in [6.45, 7) is 1.43. The lowest BCUT2D eigenvalue weighted by Gasteiger charge is -2.29. The van der Waals surface area contributed by atoms with Gasteiger partial charge in [-0.15, -0.1) is 0 Å². The summed E-state index contributed by atoms with van der Waals surface area (Å²) in [5.74, 6) is 0.707. The van der Waals surface area contributed by atoms with E-state index in [9.17, 15) is 8.42 Å². The van der Waals surface area contributed by atoms with Crippen molar-refractivity contribution in [2.75, 3.05) is 22.5 Å². The molecule has 150 valence electrons. The molecule has 0 fully saturated rings. The van der Waals surface area contributed by atoms with Crippen LogP contribution in [0.2, 0.25) is 0 Å². The molecule has 1 aromatic heterocycles. The molecule has 0 atom stereocenters. The Morgan fingerprint density at radius 2 is 1.97 bits per heavy atom. The first-order valence-electron chi connectivity index (χ1n) is 9.04. The van der Waals surface area contributed by atoms with Crippen LogP contribution in [0.15, 0.2) is 48.8 Å². The fourth-order valence-corrected chi connectivity index (χ4v) is 4.05. The molecule has 0 saturated heterocycles. The van der Waals surface area contributed by atoms with Gasteiger partial charge in [-0.2, -0.15) is 4.98 Å². The van der Waals surface area contributed by atoms with Crippen LogP contribution in [0.5, 0.6) is 0 Å². The van der Waals surface area contributed by atoms with Crippen molar-refractivity contribution in [1.82, 2.24) is 15.0 Å². The molecule has 0 aliphatic carbocycles. The molecule has 1 aliphatic heterocycles. The number of benzene rings is 2. The Balaban J connectivity index is 1.52. The summed E-state index contributed by atoms with van der Waals surface area (Å²) >= 11 is 0. The third-order valence-electron chi connectivity index (χ3n) is 4.70. The largest absolute Gasteiger partial charge is 0.398 e. The normalized spacial score (nSPS) is 13.8. The van der Waals surface area contributed by atoms with E-state index < -0.39 is 10.0 Å². The fraction of sp³-hybridized carbons (Fsp3) is 0.211. The van der Waals surface area contributed by atoms with Crippen molar-refractivity contribution >= 4 is 33.3 Å². The van der Waals surface area contributed by atoms with E-state index >= 15 is 0 Å². The second-order valence-corrected chi connectivity index (χ2v) is 8.51. The van der Waals surface area contributed by atoms with Gasteiger partial charge in [-0.1, -0.05) is 24.3 Å². The van der Waals surface area contributed by atoms with Gasteiger partial charge in [-0.05, 0) is 41.3 Å². The van der Waals surface area contributed by atoms with Crippen LogP contribution in [-0.4, -0.2) is 29.9 Å². The Kier molecular flexibility index (Phi) is 5.03. The lowest BCUT2D eigenvalue weighted by Crippen LogP contribution is -2.32. The maximum Gasteiger partial charge on any atom is 0.231 e. The second kappa shape index (κ2) is 7.64. The topological polar surface area (TPSA) is 140 Å². The molecular formula is C19H21N7O2S. The molecule has 2 heterocycles. The van der Waals surface area contributed by atoms with E-state index in [2.05, 4.69) is 31.2 Å². The van der Waals surface area contributed by atoms with Crippen molar-refractivity contribution in [2.24, 2.45) is 5.14 Å². The predicted octanol–water partition coefficient (Wildman–Crippen LogP) is 1.55. The Bertz CT molecular complexity index is 1150. The highest BCUT2D eigenvalue weighted by molar-refractivity contribution is 7.88. The number of nitrogens with one attached hydrogen (secondary N) is 1. The molecular weight excluding hydrogens is 390 g/mol. The summed E-state index contributed by atoms with van der Waals surface area (Å²) in [4.78, 5) is 15.1. The lowest BCUT2D eigenvalue weighted by atomic mass is 9.98. The van der Waals surface area contributed by atoms with E-state index in [0.717, 1.165) is 18.7 Å². The minimum absolute atomic E-state index is 0.235. The van der Waals surface area contributed by atoms with Gasteiger partial charge in [0.25, 0.3) is 0 Å². The maximum absolute atomic E-state index is 11.3. The number of hydrogen-bond acceptors (Lipinski definition) is 8. The monoisotopic (exact) mass is 411 g/mol. The number of aromatic nitrogens is 3. The molecule has 5 N–H and O–H groups in total. The quantitative estimate of drug-likeness (QED) is 0.537. The summed E-state index contributed by atoms with van der Waals surface area (Å²) in [5.41, 5.74) is 10.5. The van der Waals surface area contributed by atoms with E-state index in [1.807, 2.05) is 12.1 Å². The van der Waals surface area contributed by atoms with E-state index in [4.69, 9.17) is 10.9 Å². The zero-order valence-electron chi connectivity index (χ0n) is 15.6. The molecule has 29 heavy (non-hydrogen) atoms. The zero-order valence-corrected chi connectivity index (χ0v) is 16.4. The number of primary sulfonamides is 1. The van der Waals surface area contributed by atoms with Crippen molar-refractivity contribution in [3.63, 3.8) is 0 Å². The number of hydrogen-bond donors (Lipinski definition) is 3. The van der Waals surface area contributed by atoms with Gasteiger partial charge in [-0.3, -0.25) is 0 Å². The Hall–Kier alpha value is -3.24. The highest BCUT2D eigenvalue weighted by atomic mass is 32.2. The minimum Gasteiger partial charge on any atom is -0.398 e.